The third kappa shape index (κ3) is 4.65. The molecule has 0 aliphatic heterocycles. The lowest BCUT2D eigenvalue weighted by molar-refractivity contribution is 0.0950. The number of H-pyrrole nitrogens is 1. The molecule has 1 aromatic heterocycles. The highest BCUT2D eigenvalue weighted by atomic mass is 16.3. The molecule has 0 spiro atoms. The molecule has 1 amide bonds. The molecular weight excluding hydrogens is 352 g/mol. The van der Waals surface area contributed by atoms with Gasteiger partial charge in [0.05, 0.1) is 11.4 Å². The van der Waals surface area contributed by atoms with E-state index in [1.54, 1.807) is 37.3 Å². The number of hydrazone groups is 1. The molecule has 2 aromatic carbocycles. The molecule has 0 aliphatic carbocycles. The second-order valence-corrected chi connectivity index (χ2v) is 7.12. The molecule has 28 heavy (non-hydrogen) atoms. The van der Waals surface area contributed by atoms with E-state index in [0.29, 0.717) is 28.6 Å². The monoisotopic (exact) mass is 376 g/mol. The summed E-state index contributed by atoms with van der Waals surface area (Å²) in [5.74, 6) is 0.320. The number of nitrogens with one attached hydrogen (secondary N) is 2. The highest BCUT2D eigenvalue weighted by molar-refractivity contribution is 6.02. The zero-order chi connectivity index (χ0) is 20.1. The van der Waals surface area contributed by atoms with Crippen molar-refractivity contribution < 1.29 is 9.90 Å². The molecule has 0 atom stereocenters. The number of aromatic hydroxyl groups is 1. The number of aromatic nitrogens is 2. The lowest BCUT2D eigenvalue weighted by Crippen LogP contribution is -2.19. The quantitative estimate of drug-likeness (QED) is 0.446. The highest BCUT2D eigenvalue weighted by Gasteiger charge is 2.11. The van der Waals surface area contributed by atoms with Gasteiger partial charge >= 0.3 is 0 Å². The number of para-hydroxylation sites is 1. The number of hydrogen-bond donors (Lipinski definition) is 3. The Kier molecular flexibility index (Phi) is 5.89. The van der Waals surface area contributed by atoms with E-state index in [9.17, 15) is 9.90 Å². The Morgan fingerprint density at radius 1 is 1.18 bits per heavy atom. The zero-order valence-electron chi connectivity index (χ0n) is 16.2. The number of amides is 1. The van der Waals surface area contributed by atoms with Crippen molar-refractivity contribution in [1.82, 2.24) is 15.6 Å². The summed E-state index contributed by atoms with van der Waals surface area (Å²) < 4.78 is 0. The summed E-state index contributed by atoms with van der Waals surface area (Å²) in [6.45, 7) is 6.10. The smallest absolute Gasteiger partial charge is 0.289 e. The molecule has 144 valence electrons. The van der Waals surface area contributed by atoms with Crippen molar-refractivity contribution in [2.45, 2.75) is 27.2 Å². The van der Waals surface area contributed by atoms with Gasteiger partial charge in [0.25, 0.3) is 5.91 Å². The van der Waals surface area contributed by atoms with Crippen molar-refractivity contribution in [2.24, 2.45) is 11.0 Å². The van der Waals surface area contributed by atoms with Gasteiger partial charge in [0, 0.05) is 11.1 Å². The molecule has 6 heteroatoms. The fraction of sp³-hybridized carbons (Fsp3) is 0.227. The lowest BCUT2D eigenvalue weighted by atomic mass is 10.0. The average molecular weight is 376 g/mol. The summed E-state index contributed by atoms with van der Waals surface area (Å²) in [6, 6.07) is 16.7. The number of nitrogens with zero attached hydrogens (tertiary/aromatic N) is 2. The summed E-state index contributed by atoms with van der Waals surface area (Å²) in [7, 11) is 0. The molecular formula is C22H24N4O2. The molecule has 0 saturated carbocycles. The van der Waals surface area contributed by atoms with E-state index in [1.807, 2.05) is 12.1 Å². The molecule has 6 nitrogen and oxygen atoms in total. The van der Waals surface area contributed by atoms with Crippen molar-refractivity contribution >= 4 is 11.6 Å². The lowest BCUT2D eigenvalue weighted by Gasteiger charge is -2.05. The van der Waals surface area contributed by atoms with Gasteiger partial charge in [0.15, 0.2) is 0 Å². The van der Waals surface area contributed by atoms with Gasteiger partial charge in [0.2, 0.25) is 0 Å². The van der Waals surface area contributed by atoms with Crippen LogP contribution in [-0.4, -0.2) is 26.9 Å². The Hall–Kier alpha value is -3.41. The fourth-order valence-corrected chi connectivity index (χ4v) is 2.90. The van der Waals surface area contributed by atoms with Gasteiger partial charge in [-0.1, -0.05) is 50.2 Å². The predicted molar refractivity (Wildman–Crippen MR) is 110 cm³/mol. The first kappa shape index (κ1) is 19.4. The molecule has 3 N–H and O–H groups in total. The summed E-state index contributed by atoms with van der Waals surface area (Å²) >= 11 is 0. The average Bonchev–Trinajstić information content (AvgIpc) is 3.16. The van der Waals surface area contributed by atoms with Gasteiger partial charge < -0.3 is 5.11 Å². The first-order chi connectivity index (χ1) is 13.4. The van der Waals surface area contributed by atoms with Crippen LogP contribution in [0.3, 0.4) is 0 Å². The summed E-state index contributed by atoms with van der Waals surface area (Å²) in [5, 5.41) is 20.9. The minimum Gasteiger partial charge on any atom is -0.507 e. The summed E-state index contributed by atoms with van der Waals surface area (Å²) in [4.78, 5) is 12.3. The largest absolute Gasteiger partial charge is 0.507 e. The third-order valence-corrected chi connectivity index (χ3v) is 4.34. The first-order valence-electron chi connectivity index (χ1n) is 9.21. The van der Waals surface area contributed by atoms with Crippen LogP contribution in [0, 0.1) is 5.92 Å². The highest BCUT2D eigenvalue weighted by Crippen LogP contribution is 2.20. The van der Waals surface area contributed by atoms with Crippen molar-refractivity contribution in [3.8, 4) is 17.0 Å². The predicted octanol–water partition coefficient (Wildman–Crippen LogP) is 4.13. The molecule has 0 fully saturated rings. The van der Waals surface area contributed by atoms with Crippen LogP contribution < -0.4 is 5.43 Å². The zero-order valence-corrected chi connectivity index (χ0v) is 16.2. The minimum atomic E-state index is -0.398. The van der Waals surface area contributed by atoms with Crippen LogP contribution in [0.1, 0.15) is 42.4 Å². The van der Waals surface area contributed by atoms with Gasteiger partial charge in [0.1, 0.15) is 11.4 Å². The molecule has 0 radical (unpaired) electrons. The number of carbonyl (C=O) groups is 1. The molecule has 0 aliphatic rings. The Balaban J connectivity index is 1.69. The maximum atomic E-state index is 12.3. The molecule has 0 saturated heterocycles. The van der Waals surface area contributed by atoms with Crippen LogP contribution in [0.5, 0.6) is 5.75 Å². The number of rotatable bonds is 6. The van der Waals surface area contributed by atoms with Crippen LogP contribution in [-0.2, 0) is 6.42 Å². The Morgan fingerprint density at radius 2 is 1.89 bits per heavy atom. The van der Waals surface area contributed by atoms with Crippen LogP contribution >= 0.6 is 0 Å². The van der Waals surface area contributed by atoms with E-state index in [2.05, 4.69) is 46.7 Å². The number of hydrogen-bond acceptors (Lipinski definition) is 4. The second-order valence-electron chi connectivity index (χ2n) is 7.12. The first-order valence-corrected chi connectivity index (χ1v) is 9.21. The van der Waals surface area contributed by atoms with Crippen LogP contribution in [0.25, 0.3) is 11.3 Å². The number of aromatic amines is 1. The number of benzene rings is 2. The van der Waals surface area contributed by atoms with E-state index < -0.39 is 5.91 Å². The number of phenolic OH excluding ortho intramolecular Hbond substituents is 1. The number of phenols is 1. The van der Waals surface area contributed by atoms with Crippen molar-refractivity contribution in [3.63, 3.8) is 0 Å². The van der Waals surface area contributed by atoms with Crippen LogP contribution in [0.2, 0.25) is 0 Å². The molecule has 3 aromatic rings. The fourth-order valence-electron chi connectivity index (χ4n) is 2.90. The minimum absolute atomic E-state index is 0.114. The van der Waals surface area contributed by atoms with Crippen molar-refractivity contribution in [1.29, 1.82) is 0 Å². The topological polar surface area (TPSA) is 90.4 Å². The van der Waals surface area contributed by atoms with Crippen molar-refractivity contribution in [3.05, 3.63) is 71.4 Å². The Bertz CT molecular complexity index is 988. The van der Waals surface area contributed by atoms with E-state index in [0.717, 1.165) is 12.0 Å². The summed E-state index contributed by atoms with van der Waals surface area (Å²) in [6.07, 6.45) is 1.03. The Labute approximate surface area is 164 Å². The van der Waals surface area contributed by atoms with Gasteiger partial charge in [-0.25, -0.2) is 5.43 Å². The Morgan fingerprint density at radius 3 is 2.57 bits per heavy atom. The maximum Gasteiger partial charge on any atom is 0.289 e. The van der Waals surface area contributed by atoms with Gasteiger partial charge in [-0.15, -0.1) is 0 Å². The van der Waals surface area contributed by atoms with E-state index in [-0.39, 0.29) is 5.75 Å². The third-order valence-electron chi connectivity index (χ3n) is 4.34. The van der Waals surface area contributed by atoms with E-state index in [4.69, 9.17) is 0 Å². The SMILES string of the molecule is C/C(=N/NC(=O)c1cc(-c2ccc(CC(C)C)cc2)n[nH]1)c1ccccc1O. The van der Waals surface area contributed by atoms with Crippen LogP contribution in [0.15, 0.2) is 59.7 Å². The van der Waals surface area contributed by atoms with Gasteiger partial charge in [-0.3, -0.25) is 9.89 Å². The van der Waals surface area contributed by atoms with E-state index >= 15 is 0 Å². The molecule has 0 bridgehead atoms. The molecule has 1 heterocycles. The van der Waals surface area contributed by atoms with Gasteiger partial charge in [-0.05, 0) is 43.0 Å². The molecule has 3 rings (SSSR count). The van der Waals surface area contributed by atoms with Crippen molar-refractivity contribution in [2.75, 3.05) is 0 Å². The maximum absolute atomic E-state index is 12.3. The van der Waals surface area contributed by atoms with E-state index in [1.165, 1.54) is 5.56 Å². The second kappa shape index (κ2) is 8.52. The van der Waals surface area contributed by atoms with Crippen LogP contribution in [0.4, 0.5) is 0 Å². The normalized spacial score (nSPS) is 11.6. The van der Waals surface area contributed by atoms with Gasteiger partial charge in [-0.2, -0.15) is 10.2 Å². The molecule has 0 unspecified atom stereocenters. The number of carbonyl (C=O) groups excluding carboxylic acids is 1. The summed E-state index contributed by atoms with van der Waals surface area (Å²) in [5.41, 5.74) is 6.79. The standard InChI is InChI=1S/C22H24N4O2/c1-14(2)12-16-8-10-17(11-9-16)19-13-20(25-24-19)22(28)26-23-15(3)18-6-4-5-7-21(18)27/h4-11,13-14,27H,12H2,1-3H3,(H,24,25)(H,26,28)/b23-15-.